The van der Waals surface area contributed by atoms with E-state index in [2.05, 4.69) is 10.1 Å². The fourth-order valence-electron chi connectivity index (χ4n) is 4.22. The number of likely N-dealkylation sites (tertiary alicyclic amines) is 1. The Morgan fingerprint density at radius 2 is 1.80 bits per heavy atom. The van der Waals surface area contributed by atoms with E-state index in [0.717, 1.165) is 5.56 Å². The predicted octanol–water partition coefficient (Wildman–Crippen LogP) is 2.86. The Balaban J connectivity index is 1.24. The first-order valence-corrected chi connectivity index (χ1v) is 11.3. The molecule has 3 heterocycles. The summed E-state index contributed by atoms with van der Waals surface area (Å²) in [5.74, 6) is -0.360. The Bertz CT molecular complexity index is 1390. The molecule has 10 heteroatoms. The molecule has 0 atom stereocenters. The van der Waals surface area contributed by atoms with Crippen LogP contribution in [0, 0.1) is 5.82 Å². The molecule has 0 radical (unpaired) electrons. The highest BCUT2D eigenvalue weighted by atomic mass is 19.1. The minimum absolute atomic E-state index is 0.0287. The largest absolute Gasteiger partial charge is 0.445 e. The zero-order valence-electron chi connectivity index (χ0n) is 18.9. The first-order valence-electron chi connectivity index (χ1n) is 11.3. The van der Waals surface area contributed by atoms with Gasteiger partial charge in [-0.1, -0.05) is 30.3 Å². The molecule has 2 aromatic carbocycles. The van der Waals surface area contributed by atoms with Crippen LogP contribution in [0.3, 0.4) is 0 Å². The fourth-order valence-corrected chi connectivity index (χ4v) is 4.22. The Morgan fingerprint density at radius 1 is 1.09 bits per heavy atom. The predicted molar refractivity (Wildman–Crippen MR) is 125 cm³/mol. The average molecular weight is 477 g/mol. The monoisotopic (exact) mass is 477 g/mol. The van der Waals surface area contributed by atoms with Crippen molar-refractivity contribution in [3.63, 3.8) is 0 Å². The molecular formula is C25H24FN5O4. The SMILES string of the molecule is O=C(OCc1ccccc1)N1CCC(O)(Cn2cnn3c(-c4ccc(F)cc4)cnc3c2=O)CC1. The van der Waals surface area contributed by atoms with E-state index in [1.807, 2.05) is 30.3 Å². The Kier molecular flexibility index (Phi) is 6.04. The van der Waals surface area contributed by atoms with E-state index >= 15 is 0 Å². The molecule has 2 aromatic heterocycles. The summed E-state index contributed by atoms with van der Waals surface area (Å²) in [6.45, 7) is 0.839. The molecule has 35 heavy (non-hydrogen) atoms. The highest BCUT2D eigenvalue weighted by Crippen LogP contribution is 2.25. The lowest BCUT2D eigenvalue weighted by atomic mass is 9.91. The molecule has 1 fully saturated rings. The number of imidazole rings is 1. The fraction of sp³-hybridized carbons (Fsp3) is 0.280. The van der Waals surface area contributed by atoms with Crippen molar-refractivity contribution in [3.05, 3.63) is 88.9 Å². The maximum atomic E-state index is 13.3. The zero-order valence-corrected chi connectivity index (χ0v) is 18.9. The molecule has 4 aromatic rings. The third kappa shape index (κ3) is 4.78. The van der Waals surface area contributed by atoms with E-state index in [4.69, 9.17) is 4.74 Å². The van der Waals surface area contributed by atoms with Crippen molar-refractivity contribution in [2.75, 3.05) is 13.1 Å². The minimum Gasteiger partial charge on any atom is -0.445 e. The number of aliphatic hydroxyl groups is 1. The highest BCUT2D eigenvalue weighted by Gasteiger charge is 2.35. The number of fused-ring (bicyclic) bond motifs is 1. The lowest BCUT2D eigenvalue weighted by molar-refractivity contribution is -0.0339. The zero-order chi connectivity index (χ0) is 24.4. The number of amides is 1. The van der Waals surface area contributed by atoms with Gasteiger partial charge in [0.25, 0.3) is 5.56 Å². The number of carbonyl (C=O) groups excluding carboxylic acids is 1. The summed E-state index contributed by atoms with van der Waals surface area (Å²) in [5.41, 5.74) is 0.674. The van der Waals surface area contributed by atoms with Gasteiger partial charge >= 0.3 is 6.09 Å². The maximum Gasteiger partial charge on any atom is 0.410 e. The molecular weight excluding hydrogens is 453 g/mol. The number of hydrogen-bond donors (Lipinski definition) is 1. The number of piperidine rings is 1. The Labute approximate surface area is 200 Å². The molecule has 0 saturated carbocycles. The van der Waals surface area contributed by atoms with E-state index in [1.54, 1.807) is 17.0 Å². The van der Waals surface area contributed by atoms with Crippen LogP contribution >= 0.6 is 0 Å². The summed E-state index contributed by atoms with van der Waals surface area (Å²) in [7, 11) is 0. The van der Waals surface area contributed by atoms with Crippen molar-refractivity contribution in [2.45, 2.75) is 31.6 Å². The van der Waals surface area contributed by atoms with Crippen LogP contribution in [0.1, 0.15) is 18.4 Å². The third-order valence-electron chi connectivity index (χ3n) is 6.26. The van der Waals surface area contributed by atoms with Gasteiger partial charge < -0.3 is 14.7 Å². The van der Waals surface area contributed by atoms with Crippen LogP contribution < -0.4 is 5.56 Å². The van der Waals surface area contributed by atoms with Crippen LogP contribution in [0.5, 0.6) is 0 Å². The number of ether oxygens (including phenoxy) is 1. The molecule has 0 bridgehead atoms. The first kappa shape index (κ1) is 22.7. The molecule has 1 aliphatic heterocycles. The van der Waals surface area contributed by atoms with Crippen LogP contribution in [-0.2, 0) is 17.9 Å². The maximum absolute atomic E-state index is 13.3. The summed E-state index contributed by atoms with van der Waals surface area (Å²) in [6.07, 6.45) is 3.03. The van der Waals surface area contributed by atoms with Crippen molar-refractivity contribution in [3.8, 4) is 11.3 Å². The number of carbonyl (C=O) groups is 1. The van der Waals surface area contributed by atoms with Gasteiger partial charge in [-0.15, -0.1) is 0 Å². The normalized spacial score (nSPS) is 15.3. The molecule has 1 N–H and O–H groups in total. The van der Waals surface area contributed by atoms with Gasteiger partial charge in [0.2, 0.25) is 5.65 Å². The van der Waals surface area contributed by atoms with E-state index in [9.17, 15) is 19.1 Å². The second-order valence-corrected chi connectivity index (χ2v) is 8.70. The molecule has 0 spiro atoms. The molecule has 9 nitrogen and oxygen atoms in total. The van der Waals surface area contributed by atoms with Gasteiger partial charge in [0.1, 0.15) is 18.8 Å². The van der Waals surface area contributed by atoms with E-state index in [0.29, 0.717) is 37.2 Å². The van der Waals surface area contributed by atoms with Gasteiger partial charge in [0.15, 0.2) is 0 Å². The lowest BCUT2D eigenvalue weighted by Crippen LogP contribution is -2.49. The van der Waals surface area contributed by atoms with Crippen LogP contribution in [0.15, 0.2) is 71.9 Å². The van der Waals surface area contributed by atoms with Gasteiger partial charge in [-0.2, -0.15) is 5.10 Å². The minimum atomic E-state index is -1.17. The summed E-state index contributed by atoms with van der Waals surface area (Å²) in [4.78, 5) is 31.2. The van der Waals surface area contributed by atoms with Gasteiger partial charge in [0, 0.05) is 18.7 Å². The molecule has 0 aliphatic carbocycles. The number of rotatable bonds is 5. The summed E-state index contributed by atoms with van der Waals surface area (Å²) in [5, 5.41) is 15.4. The van der Waals surface area contributed by atoms with Crippen molar-refractivity contribution >= 4 is 11.7 Å². The number of halogens is 1. The first-order chi connectivity index (χ1) is 16.9. The Hall–Kier alpha value is -4.05. The van der Waals surface area contributed by atoms with E-state index < -0.39 is 17.3 Å². The third-order valence-corrected chi connectivity index (χ3v) is 6.26. The van der Waals surface area contributed by atoms with Gasteiger partial charge in [-0.25, -0.2) is 18.7 Å². The Morgan fingerprint density at radius 3 is 2.51 bits per heavy atom. The molecule has 5 rings (SSSR count). The number of hydrogen-bond acceptors (Lipinski definition) is 6. The topological polar surface area (TPSA) is 102 Å². The van der Waals surface area contributed by atoms with E-state index in [-0.39, 0.29) is 24.6 Å². The van der Waals surface area contributed by atoms with Gasteiger partial charge in [-0.05, 0) is 42.7 Å². The van der Waals surface area contributed by atoms with Crippen LogP contribution in [0.2, 0.25) is 0 Å². The molecule has 1 saturated heterocycles. The molecule has 0 unspecified atom stereocenters. The number of benzene rings is 2. The second-order valence-electron chi connectivity index (χ2n) is 8.70. The van der Waals surface area contributed by atoms with Crippen molar-refractivity contribution < 1.29 is 19.0 Å². The average Bonchev–Trinajstić information content (AvgIpc) is 3.31. The number of nitrogens with zero attached hydrogens (tertiary/aromatic N) is 5. The van der Waals surface area contributed by atoms with Crippen LogP contribution in [0.25, 0.3) is 16.9 Å². The van der Waals surface area contributed by atoms with Crippen LogP contribution in [-0.4, -0.2) is 54.0 Å². The quantitative estimate of drug-likeness (QED) is 0.474. The smallest absolute Gasteiger partial charge is 0.410 e. The van der Waals surface area contributed by atoms with Crippen molar-refractivity contribution in [2.24, 2.45) is 0 Å². The van der Waals surface area contributed by atoms with Gasteiger partial charge in [-0.3, -0.25) is 9.36 Å². The standard InChI is InChI=1S/C25H24FN5O4/c26-20-8-6-19(7-9-20)21-14-27-22-23(32)30(17-28-31(21)22)16-25(34)10-12-29(13-11-25)24(33)35-15-18-4-2-1-3-5-18/h1-9,14,17,34H,10-13,15-16H2. The van der Waals surface area contributed by atoms with Gasteiger partial charge in [0.05, 0.1) is 24.0 Å². The summed E-state index contributed by atoms with van der Waals surface area (Å²) in [6, 6.07) is 15.3. The van der Waals surface area contributed by atoms with Crippen molar-refractivity contribution in [1.29, 1.82) is 0 Å². The highest BCUT2D eigenvalue weighted by molar-refractivity contribution is 5.67. The van der Waals surface area contributed by atoms with E-state index in [1.165, 1.54) is 33.7 Å². The van der Waals surface area contributed by atoms with Crippen molar-refractivity contribution in [1.82, 2.24) is 24.1 Å². The molecule has 1 aliphatic rings. The van der Waals surface area contributed by atoms with Crippen LogP contribution in [0.4, 0.5) is 9.18 Å². The molecule has 1 amide bonds. The molecule has 180 valence electrons. The number of aromatic nitrogens is 4. The summed E-state index contributed by atoms with van der Waals surface area (Å²) >= 11 is 0. The second kappa shape index (κ2) is 9.30. The summed E-state index contributed by atoms with van der Waals surface area (Å²) < 4.78 is 21.4. The lowest BCUT2D eigenvalue weighted by Gasteiger charge is -2.37.